The molecule has 3 aromatic rings. The van der Waals surface area contributed by atoms with Gasteiger partial charge in [0.25, 0.3) is 0 Å². The standard InChI is InChI=1S/C26H28FN3O2/c1-19(31)28-23-7-5-6-20(16-23)12-13-29(2)14-15-30-24-11-10-22(27)17-21(24)18-32-26-9-4-3-8-25(26)30/h3-11,16-17H,12-15,18H2,1-2H3,(H,28,31). The third-order valence-electron chi connectivity index (χ3n) is 5.61. The van der Waals surface area contributed by atoms with E-state index in [-0.39, 0.29) is 11.7 Å². The van der Waals surface area contributed by atoms with Crippen molar-refractivity contribution in [1.29, 1.82) is 0 Å². The minimum Gasteiger partial charge on any atom is -0.487 e. The Bertz CT molecular complexity index is 1100. The first-order valence-electron chi connectivity index (χ1n) is 10.8. The summed E-state index contributed by atoms with van der Waals surface area (Å²) in [5, 5.41) is 2.83. The van der Waals surface area contributed by atoms with Gasteiger partial charge in [-0.15, -0.1) is 0 Å². The summed E-state index contributed by atoms with van der Waals surface area (Å²) in [6.45, 7) is 4.32. The molecule has 166 valence electrons. The van der Waals surface area contributed by atoms with Gasteiger partial charge in [-0.2, -0.15) is 0 Å². The minimum absolute atomic E-state index is 0.0684. The molecule has 3 aromatic carbocycles. The second-order valence-corrected chi connectivity index (χ2v) is 8.12. The number of hydrogen-bond acceptors (Lipinski definition) is 4. The summed E-state index contributed by atoms with van der Waals surface area (Å²) in [6, 6.07) is 20.8. The SMILES string of the molecule is CC(=O)Nc1cccc(CCN(C)CCN2c3ccc(F)cc3COc3ccccc32)c1. The summed E-state index contributed by atoms with van der Waals surface area (Å²) >= 11 is 0. The summed E-state index contributed by atoms with van der Waals surface area (Å²) in [5.41, 5.74) is 4.82. The summed E-state index contributed by atoms with van der Waals surface area (Å²) < 4.78 is 19.8. The topological polar surface area (TPSA) is 44.8 Å². The highest BCUT2D eigenvalue weighted by Gasteiger charge is 2.22. The molecule has 6 heteroatoms. The van der Waals surface area contributed by atoms with Crippen LogP contribution < -0.4 is 15.0 Å². The molecule has 0 bridgehead atoms. The Balaban J connectivity index is 1.43. The van der Waals surface area contributed by atoms with Crippen molar-refractivity contribution in [2.75, 3.05) is 36.9 Å². The molecule has 1 aliphatic rings. The van der Waals surface area contributed by atoms with E-state index in [4.69, 9.17) is 4.74 Å². The van der Waals surface area contributed by atoms with Gasteiger partial charge >= 0.3 is 0 Å². The van der Waals surface area contributed by atoms with Crippen LogP contribution in [-0.2, 0) is 17.8 Å². The van der Waals surface area contributed by atoms with Crippen LogP contribution in [0, 0.1) is 5.82 Å². The van der Waals surface area contributed by atoms with Crippen LogP contribution in [0.15, 0.2) is 66.7 Å². The fraction of sp³-hybridized carbons (Fsp3) is 0.269. The van der Waals surface area contributed by atoms with Crippen LogP contribution >= 0.6 is 0 Å². The van der Waals surface area contributed by atoms with E-state index in [1.807, 2.05) is 48.5 Å². The largest absolute Gasteiger partial charge is 0.487 e. The normalized spacial score (nSPS) is 12.6. The van der Waals surface area contributed by atoms with E-state index in [1.165, 1.54) is 18.6 Å². The van der Waals surface area contributed by atoms with Gasteiger partial charge in [0.05, 0.1) is 5.69 Å². The van der Waals surface area contributed by atoms with Crippen LogP contribution in [0.4, 0.5) is 21.5 Å². The summed E-state index contributed by atoms with van der Waals surface area (Å²) in [4.78, 5) is 15.8. The van der Waals surface area contributed by atoms with E-state index in [0.717, 1.165) is 54.4 Å². The number of fused-ring (bicyclic) bond motifs is 2. The highest BCUT2D eigenvalue weighted by atomic mass is 19.1. The number of carbonyl (C=O) groups excluding carboxylic acids is 1. The number of nitrogens with zero attached hydrogens (tertiary/aromatic N) is 2. The van der Waals surface area contributed by atoms with Gasteiger partial charge in [0.15, 0.2) is 0 Å². The van der Waals surface area contributed by atoms with Crippen LogP contribution in [0.25, 0.3) is 0 Å². The number of anilines is 3. The lowest BCUT2D eigenvalue weighted by Crippen LogP contribution is -2.32. The maximum atomic E-state index is 13.9. The molecule has 0 atom stereocenters. The Morgan fingerprint density at radius 3 is 2.75 bits per heavy atom. The first-order chi connectivity index (χ1) is 15.5. The van der Waals surface area contributed by atoms with Gasteiger partial charge in [-0.25, -0.2) is 4.39 Å². The third-order valence-corrected chi connectivity index (χ3v) is 5.61. The van der Waals surface area contributed by atoms with E-state index in [0.29, 0.717) is 6.61 Å². The van der Waals surface area contributed by atoms with Gasteiger partial charge in [-0.1, -0.05) is 24.3 Å². The van der Waals surface area contributed by atoms with Crippen LogP contribution in [0.2, 0.25) is 0 Å². The molecule has 0 aliphatic carbocycles. The summed E-state index contributed by atoms with van der Waals surface area (Å²) in [5.74, 6) is 0.486. The predicted molar refractivity (Wildman–Crippen MR) is 126 cm³/mol. The van der Waals surface area contributed by atoms with E-state index in [2.05, 4.69) is 28.2 Å². The number of halogens is 1. The molecule has 4 rings (SSSR count). The third kappa shape index (κ3) is 5.26. The number of nitrogens with one attached hydrogen (secondary N) is 1. The first-order valence-corrected chi connectivity index (χ1v) is 10.8. The van der Waals surface area contributed by atoms with E-state index < -0.39 is 0 Å². The quantitative estimate of drug-likeness (QED) is 0.570. The second-order valence-electron chi connectivity index (χ2n) is 8.12. The van der Waals surface area contributed by atoms with E-state index >= 15 is 0 Å². The number of amides is 1. The molecule has 1 N–H and O–H groups in total. The summed E-state index contributed by atoms with van der Waals surface area (Å²) in [7, 11) is 2.10. The number of rotatable bonds is 7. The summed E-state index contributed by atoms with van der Waals surface area (Å²) in [6.07, 6.45) is 0.880. The van der Waals surface area contributed by atoms with Gasteiger partial charge in [0, 0.05) is 43.5 Å². The zero-order chi connectivity index (χ0) is 22.5. The molecule has 0 unspecified atom stereocenters. The molecule has 0 aromatic heterocycles. The van der Waals surface area contributed by atoms with Gasteiger partial charge in [0.1, 0.15) is 18.2 Å². The van der Waals surface area contributed by atoms with E-state index in [1.54, 1.807) is 6.07 Å². The number of para-hydroxylation sites is 2. The second kappa shape index (κ2) is 9.83. The molecular formula is C26H28FN3O2. The average Bonchev–Trinajstić information content (AvgIpc) is 2.92. The number of benzene rings is 3. The lowest BCUT2D eigenvalue weighted by atomic mass is 10.1. The zero-order valence-corrected chi connectivity index (χ0v) is 18.5. The Morgan fingerprint density at radius 1 is 1.06 bits per heavy atom. The van der Waals surface area contributed by atoms with Gasteiger partial charge < -0.3 is 19.9 Å². The first kappa shape index (κ1) is 21.8. The molecule has 1 amide bonds. The highest BCUT2D eigenvalue weighted by Crippen LogP contribution is 2.39. The molecule has 5 nitrogen and oxygen atoms in total. The molecule has 1 heterocycles. The number of carbonyl (C=O) groups is 1. The van der Waals surface area contributed by atoms with Crippen molar-refractivity contribution < 1.29 is 13.9 Å². The predicted octanol–water partition coefficient (Wildman–Crippen LogP) is 4.99. The Morgan fingerprint density at radius 2 is 1.91 bits per heavy atom. The fourth-order valence-corrected chi connectivity index (χ4v) is 3.97. The minimum atomic E-state index is -0.253. The maximum absolute atomic E-state index is 13.9. The smallest absolute Gasteiger partial charge is 0.221 e. The van der Waals surface area contributed by atoms with Gasteiger partial charge in [-0.05, 0) is 61.5 Å². The average molecular weight is 434 g/mol. The van der Waals surface area contributed by atoms with Crippen LogP contribution in [-0.4, -0.2) is 37.5 Å². The lowest BCUT2D eigenvalue weighted by Gasteiger charge is -2.28. The zero-order valence-electron chi connectivity index (χ0n) is 18.5. The highest BCUT2D eigenvalue weighted by molar-refractivity contribution is 5.88. The van der Waals surface area contributed by atoms with Crippen LogP contribution in [0.5, 0.6) is 5.75 Å². The molecule has 32 heavy (non-hydrogen) atoms. The van der Waals surface area contributed by atoms with Crippen molar-refractivity contribution in [2.45, 2.75) is 20.0 Å². The Kier molecular flexibility index (Phi) is 6.71. The van der Waals surface area contributed by atoms with Crippen molar-refractivity contribution in [2.24, 2.45) is 0 Å². The van der Waals surface area contributed by atoms with Crippen LogP contribution in [0.3, 0.4) is 0 Å². The molecule has 0 radical (unpaired) electrons. The Hall–Kier alpha value is -3.38. The number of ether oxygens (including phenoxy) is 1. The number of likely N-dealkylation sites (N-methyl/N-ethyl adjacent to an activating group) is 1. The molecule has 0 spiro atoms. The van der Waals surface area contributed by atoms with Crippen molar-refractivity contribution in [3.05, 3.63) is 83.7 Å². The van der Waals surface area contributed by atoms with Crippen molar-refractivity contribution >= 4 is 23.0 Å². The molecule has 1 aliphatic heterocycles. The Labute approximate surface area is 188 Å². The number of hydrogen-bond donors (Lipinski definition) is 1. The van der Waals surface area contributed by atoms with Crippen molar-refractivity contribution in [3.63, 3.8) is 0 Å². The van der Waals surface area contributed by atoms with Gasteiger partial charge in [-0.3, -0.25) is 4.79 Å². The lowest BCUT2D eigenvalue weighted by molar-refractivity contribution is -0.114. The van der Waals surface area contributed by atoms with Gasteiger partial charge in [0.2, 0.25) is 5.91 Å². The van der Waals surface area contributed by atoms with Crippen molar-refractivity contribution in [1.82, 2.24) is 4.90 Å². The molecule has 0 saturated carbocycles. The molecule has 0 saturated heterocycles. The van der Waals surface area contributed by atoms with Crippen LogP contribution in [0.1, 0.15) is 18.1 Å². The maximum Gasteiger partial charge on any atom is 0.221 e. The molecule has 0 fully saturated rings. The fourth-order valence-electron chi connectivity index (χ4n) is 3.97. The van der Waals surface area contributed by atoms with Crippen molar-refractivity contribution in [3.8, 4) is 5.75 Å². The molecular weight excluding hydrogens is 405 g/mol. The van der Waals surface area contributed by atoms with E-state index in [9.17, 15) is 9.18 Å². The monoisotopic (exact) mass is 433 g/mol.